The second kappa shape index (κ2) is 7.35. The third kappa shape index (κ3) is 2.85. The molecule has 0 N–H and O–H groups in total. The predicted octanol–water partition coefficient (Wildman–Crippen LogP) is 8.52. The third-order valence-corrected chi connectivity index (χ3v) is 7.93. The predicted molar refractivity (Wildman–Crippen MR) is 140 cm³/mol. The van der Waals surface area contributed by atoms with Gasteiger partial charge in [0, 0.05) is 28.4 Å². The monoisotopic (exact) mass is 427 g/mol. The van der Waals surface area contributed by atoms with Crippen molar-refractivity contribution in [3.8, 4) is 22.3 Å². The highest BCUT2D eigenvalue weighted by Crippen LogP contribution is 2.44. The molecular formula is C32H29N. The summed E-state index contributed by atoms with van der Waals surface area (Å²) < 4.78 is 2.63. The van der Waals surface area contributed by atoms with E-state index in [1.807, 2.05) is 0 Å². The molecule has 2 aliphatic carbocycles. The Hall–Kier alpha value is -3.32. The first-order valence-electron chi connectivity index (χ1n) is 12.6. The first kappa shape index (κ1) is 19.2. The lowest BCUT2D eigenvalue weighted by atomic mass is 10.0. The van der Waals surface area contributed by atoms with Crippen LogP contribution in [0.4, 0.5) is 0 Å². The number of hydrogen-bond acceptors (Lipinski definition) is 0. The molecule has 0 saturated heterocycles. The number of fused-ring (bicyclic) bond motifs is 9. The van der Waals surface area contributed by atoms with Gasteiger partial charge in [-0.05, 0) is 88.0 Å². The molecule has 5 aromatic rings. The molecule has 1 heteroatoms. The van der Waals surface area contributed by atoms with E-state index < -0.39 is 0 Å². The summed E-state index contributed by atoms with van der Waals surface area (Å²) in [6.45, 7) is 3.39. The lowest BCUT2D eigenvalue weighted by molar-refractivity contribution is 0.602. The van der Waals surface area contributed by atoms with Crippen molar-refractivity contribution in [1.82, 2.24) is 4.57 Å². The minimum absolute atomic E-state index is 1.06. The number of hydrogen-bond donors (Lipinski definition) is 0. The van der Waals surface area contributed by atoms with E-state index in [0.29, 0.717) is 0 Å². The summed E-state index contributed by atoms with van der Waals surface area (Å²) in [4.78, 5) is 0. The van der Waals surface area contributed by atoms with Gasteiger partial charge >= 0.3 is 0 Å². The summed E-state index contributed by atoms with van der Waals surface area (Å²) in [5.74, 6) is 0. The van der Waals surface area contributed by atoms with Gasteiger partial charge in [0.15, 0.2) is 0 Å². The number of unbranched alkanes of at least 4 members (excludes halogenated alkanes) is 3. The lowest BCUT2D eigenvalue weighted by Gasteiger charge is -2.10. The maximum atomic E-state index is 2.63. The van der Waals surface area contributed by atoms with Crippen LogP contribution in [0.15, 0.2) is 72.8 Å². The molecule has 2 aliphatic rings. The Kier molecular flexibility index (Phi) is 4.27. The van der Waals surface area contributed by atoms with Crippen LogP contribution < -0.4 is 0 Å². The minimum Gasteiger partial charge on any atom is -0.340 e. The van der Waals surface area contributed by atoms with Crippen LogP contribution in [-0.4, -0.2) is 4.57 Å². The summed E-state index contributed by atoms with van der Waals surface area (Å²) in [5, 5.41) is 2.87. The summed E-state index contributed by atoms with van der Waals surface area (Å²) in [7, 11) is 0. The maximum Gasteiger partial charge on any atom is 0.0497 e. The van der Waals surface area contributed by atoms with E-state index in [4.69, 9.17) is 0 Å². The molecule has 0 spiro atoms. The molecule has 33 heavy (non-hydrogen) atoms. The van der Waals surface area contributed by atoms with Crippen molar-refractivity contribution in [2.75, 3.05) is 0 Å². The largest absolute Gasteiger partial charge is 0.340 e. The van der Waals surface area contributed by atoms with Gasteiger partial charge in [-0.25, -0.2) is 0 Å². The molecule has 7 rings (SSSR count). The van der Waals surface area contributed by atoms with Crippen LogP contribution >= 0.6 is 0 Å². The van der Waals surface area contributed by atoms with Gasteiger partial charge in [-0.2, -0.15) is 0 Å². The molecule has 1 aromatic heterocycles. The highest BCUT2D eigenvalue weighted by atomic mass is 15.0. The third-order valence-electron chi connectivity index (χ3n) is 7.93. The smallest absolute Gasteiger partial charge is 0.0497 e. The fraction of sp³-hybridized carbons (Fsp3) is 0.250. The molecule has 0 fully saturated rings. The van der Waals surface area contributed by atoms with Crippen molar-refractivity contribution >= 4 is 21.8 Å². The van der Waals surface area contributed by atoms with E-state index in [0.717, 1.165) is 19.4 Å². The van der Waals surface area contributed by atoms with Gasteiger partial charge in [0.2, 0.25) is 0 Å². The van der Waals surface area contributed by atoms with E-state index in [2.05, 4.69) is 84.3 Å². The molecule has 0 atom stereocenters. The topological polar surface area (TPSA) is 4.93 Å². The number of aryl methyl sites for hydroxylation is 1. The van der Waals surface area contributed by atoms with E-state index in [9.17, 15) is 0 Å². The number of benzene rings is 4. The number of aromatic nitrogens is 1. The van der Waals surface area contributed by atoms with Gasteiger partial charge in [0.1, 0.15) is 0 Å². The Bertz CT molecular complexity index is 1440. The van der Waals surface area contributed by atoms with Gasteiger partial charge in [-0.15, -0.1) is 0 Å². The molecule has 1 heterocycles. The van der Waals surface area contributed by atoms with Crippen molar-refractivity contribution in [3.63, 3.8) is 0 Å². The Labute approximate surface area is 195 Å². The first-order chi connectivity index (χ1) is 16.3. The van der Waals surface area contributed by atoms with Gasteiger partial charge in [0.05, 0.1) is 0 Å². The van der Waals surface area contributed by atoms with Crippen LogP contribution in [0.2, 0.25) is 0 Å². The standard InChI is InChI=1S/C32H29N/c1-2-3-4-9-14-33-31-19-27-23(15-21-10-5-7-12-25(21)27)17-29(31)30-18-24-16-22-11-6-8-13-26(22)28(24)20-32(30)33/h5-8,10-13,17-20H,2-4,9,14-16H2,1H3. The van der Waals surface area contributed by atoms with E-state index in [-0.39, 0.29) is 0 Å². The van der Waals surface area contributed by atoms with E-state index >= 15 is 0 Å². The molecule has 4 aromatic carbocycles. The quantitative estimate of drug-likeness (QED) is 0.243. The second-order valence-corrected chi connectivity index (χ2v) is 9.93. The normalized spacial score (nSPS) is 13.4. The SMILES string of the molecule is CCCCCCn1c2cc3c(cc2c2cc4c(cc21)-c1ccccc1C4)Cc1ccccc1-3. The van der Waals surface area contributed by atoms with Gasteiger partial charge in [-0.1, -0.05) is 74.7 Å². The van der Waals surface area contributed by atoms with Crippen LogP contribution in [-0.2, 0) is 19.4 Å². The van der Waals surface area contributed by atoms with Crippen molar-refractivity contribution in [2.24, 2.45) is 0 Å². The molecule has 0 saturated carbocycles. The highest BCUT2D eigenvalue weighted by molar-refractivity contribution is 6.11. The van der Waals surface area contributed by atoms with Crippen LogP contribution in [0, 0.1) is 0 Å². The number of rotatable bonds is 5. The van der Waals surface area contributed by atoms with Gasteiger partial charge < -0.3 is 4.57 Å². The van der Waals surface area contributed by atoms with Crippen molar-refractivity contribution < 1.29 is 0 Å². The van der Waals surface area contributed by atoms with Crippen LogP contribution in [0.25, 0.3) is 44.1 Å². The Morgan fingerprint density at radius 3 is 1.67 bits per heavy atom. The molecule has 1 nitrogen and oxygen atoms in total. The maximum absolute atomic E-state index is 2.63. The molecule has 0 radical (unpaired) electrons. The summed E-state index contributed by atoms with van der Waals surface area (Å²) in [6.07, 6.45) is 7.26. The average molecular weight is 428 g/mol. The van der Waals surface area contributed by atoms with Crippen molar-refractivity contribution in [1.29, 1.82) is 0 Å². The molecule has 0 aliphatic heterocycles. The Balaban J connectivity index is 1.46. The molecule has 0 bridgehead atoms. The first-order valence-corrected chi connectivity index (χ1v) is 12.6. The van der Waals surface area contributed by atoms with Crippen molar-refractivity contribution in [2.45, 2.75) is 52.0 Å². The summed E-state index contributed by atoms with van der Waals surface area (Å²) in [6, 6.07) is 27.9. The fourth-order valence-electron chi connectivity index (χ4n) is 6.29. The van der Waals surface area contributed by atoms with Crippen LogP contribution in [0.3, 0.4) is 0 Å². The van der Waals surface area contributed by atoms with E-state index in [1.54, 1.807) is 0 Å². The lowest BCUT2D eigenvalue weighted by Crippen LogP contribution is -1.98. The molecule has 0 unspecified atom stereocenters. The summed E-state index contributed by atoms with van der Waals surface area (Å²) >= 11 is 0. The number of nitrogens with zero attached hydrogens (tertiary/aromatic N) is 1. The van der Waals surface area contributed by atoms with Crippen LogP contribution in [0.1, 0.15) is 54.9 Å². The zero-order valence-electron chi connectivity index (χ0n) is 19.3. The minimum atomic E-state index is 1.06. The van der Waals surface area contributed by atoms with Gasteiger partial charge in [0.25, 0.3) is 0 Å². The highest BCUT2D eigenvalue weighted by Gasteiger charge is 2.24. The zero-order chi connectivity index (χ0) is 21.9. The Morgan fingerprint density at radius 1 is 0.576 bits per heavy atom. The Morgan fingerprint density at radius 2 is 1.12 bits per heavy atom. The molecular weight excluding hydrogens is 398 g/mol. The average Bonchev–Trinajstić information content (AvgIpc) is 3.48. The second-order valence-electron chi connectivity index (χ2n) is 9.93. The molecule has 162 valence electrons. The molecule has 0 amide bonds. The van der Waals surface area contributed by atoms with E-state index in [1.165, 1.54) is 92.0 Å². The van der Waals surface area contributed by atoms with Crippen molar-refractivity contribution in [3.05, 3.63) is 95.1 Å². The summed E-state index contributed by atoms with van der Waals surface area (Å²) in [5.41, 5.74) is 14.5. The van der Waals surface area contributed by atoms with Crippen LogP contribution in [0.5, 0.6) is 0 Å². The zero-order valence-corrected chi connectivity index (χ0v) is 19.3. The fourth-order valence-corrected chi connectivity index (χ4v) is 6.29. The van der Waals surface area contributed by atoms with Gasteiger partial charge in [-0.3, -0.25) is 0 Å².